The summed E-state index contributed by atoms with van der Waals surface area (Å²) in [4.78, 5) is 4.52. The normalized spacial score (nSPS) is 10.6. The third kappa shape index (κ3) is 2.96. The quantitative estimate of drug-likeness (QED) is 0.621. The zero-order valence-corrected chi connectivity index (χ0v) is 13.5. The average Bonchev–Trinajstić information content (AvgIpc) is 2.97. The predicted octanol–water partition coefficient (Wildman–Crippen LogP) is 5.43. The Kier molecular flexibility index (Phi) is 3.99. The summed E-state index contributed by atoms with van der Waals surface area (Å²) < 4.78 is 11.6. The number of benzene rings is 2. The molecule has 0 bridgehead atoms. The Labute approximate surface area is 135 Å². The van der Waals surface area contributed by atoms with Crippen LogP contribution >= 0.6 is 27.5 Å². The number of rotatable bonds is 3. The van der Waals surface area contributed by atoms with Gasteiger partial charge in [0.1, 0.15) is 17.7 Å². The fraction of sp³-hybridized carbons (Fsp3) is 0.0625. The summed E-state index contributed by atoms with van der Waals surface area (Å²) in [7, 11) is 1.64. The van der Waals surface area contributed by atoms with Gasteiger partial charge in [-0.2, -0.15) is 0 Å². The van der Waals surface area contributed by atoms with E-state index in [-0.39, 0.29) is 0 Å². The van der Waals surface area contributed by atoms with Gasteiger partial charge in [0.25, 0.3) is 0 Å². The van der Waals surface area contributed by atoms with Crippen LogP contribution in [0.4, 0.5) is 0 Å². The third-order valence-electron chi connectivity index (χ3n) is 3.05. The van der Waals surface area contributed by atoms with Crippen LogP contribution in [0, 0.1) is 0 Å². The van der Waals surface area contributed by atoms with Gasteiger partial charge in [-0.1, -0.05) is 11.6 Å². The van der Waals surface area contributed by atoms with E-state index in [4.69, 9.17) is 20.8 Å². The maximum absolute atomic E-state index is 5.88. The van der Waals surface area contributed by atoms with Gasteiger partial charge in [0, 0.05) is 20.6 Å². The van der Waals surface area contributed by atoms with Crippen molar-refractivity contribution in [2.75, 3.05) is 7.11 Å². The van der Waals surface area contributed by atoms with E-state index in [9.17, 15) is 0 Å². The van der Waals surface area contributed by atoms with Crippen LogP contribution in [-0.4, -0.2) is 12.1 Å². The van der Waals surface area contributed by atoms with Crippen LogP contribution in [0.2, 0.25) is 5.02 Å². The predicted molar refractivity (Wildman–Crippen MR) is 86.6 cm³/mol. The Balaban J connectivity index is 1.96. The summed E-state index contributed by atoms with van der Waals surface area (Å²) in [5.41, 5.74) is 2.59. The fourth-order valence-electron chi connectivity index (χ4n) is 1.95. The SMILES string of the molecule is COc1ccc(-c2coc(-c3ccc(Cl)cc3)n2)c(Br)c1. The molecular weight excluding hydrogens is 354 g/mol. The van der Waals surface area contributed by atoms with Gasteiger partial charge in [0.15, 0.2) is 0 Å². The molecule has 0 aliphatic carbocycles. The van der Waals surface area contributed by atoms with Crippen LogP contribution in [0.3, 0.4) is 0 Å². The maximum Gasteiger partial charge on any atom is 0.226 e. The molecule has 0 spiro atoms. The van der Waals surface area contributed by atoms with Crippen molar-refractivity contribution in [3.05, 3.63) is 58.2 Å². The minimum atomic E-state index is 0.560. The molecule has 3 aromatic rings. The number of ether oxygens (including phenoxy) is 1. The first-order valence-electron chi connectivity index (χ1n) is 6.23. The summed E-state index contributed by atoms with van der Waals surface area (Å²) in [6.45, 7) is 0. The molecule has 3 rings (SSSR count). The van der Waals surface area contributed by atoms with Crippen molar-refractivity contribution >= 4 is 27.5 Å². The van der Waals surface area contributed by atoms with Crippen molar-refractivity contribution < 1.29 is 9.15 Å². The first-order chi connectivity index (χ1) is 10.2. The molecule has 21 heavy (non-hydrogen) atoms. The highest BCUT2D eigenvalue weighted by Crippen LogP contribution is 2.32. The summed E-state index contributed by atoms with van der Waals surface area (Å²) in [5, 5.41) is 0.684. The molecule has 2 aromatic carbocycles. The largest absolute Gasteiger partial charge is 0.497 e. The molecule has 0 radical (unpaired) electrons. The highest BCUT2D eigenvalue weighted by atomic mass is 79.9. The van der Waals surface area contributed by atoms with Gasteiger partial charge in [-0.25, -0.2) is 4.98 Å². The Hall–Kier alpha value is -1.78. The van der Waals surface area contributed by atoms with E-state index in [0.29, 0.717) is 10.9 Å². The van der Waals surface area contributed by atoms with Crippen LogP contribution in [-0.2, 0) is 0 Å². The van der Waals surface area contributed by atoms with E-state index in [0.717, 1.165) is 27.0 Å². The molecule has 0 aliphatic rings. The van der Waals surface area contributed by atoms with Gasteiger partial charge in [-0.05, 0) is 58.4 Å². The number of halogens is 2. The molecule has 1 heterocycles. The molecular formula is C16H11BrClNO2. The molecule has 0 N–H and O–H groups in total. The van der Waals surface area contributed by atoms with E-state index in [1.54, 1.807) is 13.4 Å². The van der Waals surface area contributed by atoms with Crippen molar-refractivity contribution in [2.45, 2.75) is 0 Å². The van der Waals surface area contributed by atoms with Gasteiger partial charge < -0.3 is 9.15 Å². The standard InChI is InChI=1S/C16H11BrClNO2/c1-20-12-6-7-13(14(17)8-12)15-9-21-16(19-15)10-2-4-11(18)5-3-10/h2-9H,1H3. The molecule has 0 aliphatic heterocycles. The molecule has 106 valence electrons. The lowest BCUT2D eigenvalue weighted by atomic mass is 10.1. The molecule has 0 fully saturated rings. The highest BCUT2D eigenvalue weighted by molar-refractivity contribution is 9.10. The first kappa shape index (κ1) is 14.2. The Bertz CT molecular complexity index is 768. The van der Waals surface area contributed by atoms with Crippen LogP contribution in [0.25, 0.3) is 22.7 Å². The second kappa shape index (κ2) is 5.92. The number of aromatic nitrogens is 1. The van der Waals surface area contributed by atoms with E-state index in [1.165, 1.54) is 0 Å². The van der Waals surface area contributed by atoms with Crippen molar-refractivity contribution in [2.24, 2.45) is 0 Å². The van der Waals surface area contributed by atoms with E-state index >= 15 is 0 Å². The van der Waals surface area contributed by atoms with E-state index in [1.807, 2.05) is 42.5 Å². The zero-order valence-electron chi connectivity index (χ0n) is 11.1. The first-order valence-corrected chi connectivity index (χ1v) is 7.40. The second-order valence-corrected chi connectivity index (χ2v) is 5.68. The van der Waals surface area contributed by atoms with Gasteiger partial charge in [-0.3, -0.25) is 0 Å². The number of methoxy groups -OCH3 is 1. The van der Waals surface area contributed by atoms with Crippen LogP contribution in [0.5, 0.6) is 5.75 Å². The van der Waals surface area contributed by atoms with Gasteiger partial charge in [0.2, 0.25) is 5.89 Å². The lowest BCUT2D eigenvalue weighted by Gasteiger charge is -2.03. The molecule has 5 heteroatoms. The molecule has 0 amide bonds. The Morgan fingerprint density at radius 1 is 1.14 bits per heavy atom. The molecule has 0 atom stereocenters. The number of hydrogen-bond acceptors (Lipinski definition) is 3. The fourth-order valence-corrected chi connectivity index (χ4v) is 2.64. The minimum absolute atomic E-state index is 0.560. The topological polar surface area (TPSA) is 35.3 Å². The number of nitrogens with zero attached hydrogens (tertiary/aromatic N) is 1. The molecule has 0 saturated carbocycles. The summed E-state index contributed by atoms with van der Waals surface area (Å²) >= 11 is 9.40. The second-order valence-electron chi connectivity index (χ2n) is 4.39. The average molecular weight is 365 g/mol. The van der Waals surface area contributed by atoms with Crippen molar-refractivity contribution in [1.82, 2.24) is 4.98 Å². The summed E-state index contributed by atoms with van der Waals surface area (Å²) in [6.07, 6.45) is 1.64. The van der Waals surface area contributed by atoms with Gasteiger partial charge in [0.05, 0.1) is 7.11 Å². The number of hydrogen-bond donors (Lipinski definition) is 0. The van der Waals surface area contributed by atoms with Crippen molar-refractivity contribution in [1.29, 1.82) is 0 Å². The Morgan fingerprint density at radius 3 is 2.57 bits per heavy atom. The van der Waals surface area contributed by atoms with Crippen LogP contribution in [0.1, 0.15) is 0 Å². The number of oxazole rings is 1. The third-order valence-corrected chi connectivity index (χ3v) is 3.96. The van der Waals surface area contributed by atoms with Crippen molar-refractivity contribution in [3.8, 4) is 28.5 Å². The maximum atomic E-state index is 5.88. The zero-order chi connectivity index (χ0) is 14.8. The molecule has 3 nitrogen and oxygen atoms in total. The lowest BCUT2D eigenvalue weighted by molar-refractivity contribution is 0.414. The van der Waals surface area contributed by atoms with Crippen LogP contribution < -0.4 is 4.74 Å². The van der Waals surface area contributed by atoms with Crippen molar-refractivity contribution in [3.63, 3.8) is 0 Å². The Morgan fingerprint density at radius 2 is 1.90 bits per heavy atom. The van der Waals surface area contributed by atoms with Crippen LogP contribution in [0.15, 0.2) is 57.6 Å². The van der Waals surface area contributed by atoms with Gasteiger partial charge in [-0.15, -0.1) is 0 Å². The molecule has 0 unspecified atom stereocenters. The van der Waals surface area contributed by atoms with E-state index < -0.39 is 0 Å². The smallest absolute Gasteiger partial charge is 0.226 e. The lowest BCUT2D eigenvalue weighted by Crippen LogP contribution is -1.85. The van der Waals surface area contributed by atoms with E-state index in [2.05, 4.69) is 20.9 Å². The summed E-state index contributed by atoms with van der Waals surface area (Å²) in [6, 6.07) is 13.1. The monoisotopic (exact) mass is 363 g/mol. The highest BCUT2D eigenvalue weighted by Gasteiger charge is 2.11. The molecule has 0 saturated heterocycles. The minimum Gasteiger partial charge on any atom is -0.497 e. The molecule has 1 aromatic heterocycles. The van der Waals surface area contributed by atoms with Gasteiger partial charge >= 0.3 is 0 Å². The summed E-state index contributed by atoms with van der Waals surface area (Å²) in [5.74, 6) is 1.34.